The standard InChI is InChI=1S/C4H12O2Si.3CH4/c1-5-7(3,4)6-2;;;/h1-4H3;3*1H4. The van der Waals surface area contributed by atoms with Crippen molar-refractivity contribution in [1.29, 1.82) is 0 Å². The molecule has 0 bridgehead atoms. The van der Waals surface area contributed by atoms with Crippen molar-refractivity contribution in [2.24, 2.45) is 0 Å². The summed E-state index contributed by atoms with van der Waals surface area (Å²) in [6, 6.07) is 0. The molecule has 0 rings (SSSR count). The first-order valence-corrected chi connectivity index (χ1v) is 5.04. The predicted molar refractivity (Wildman–Crippen MR) is 51.7 cm³/mol. The van der Waals surface area contributed by atoms with Crippen LogP contribution in [0.2, 0.25) is 13.1 Å². The quantitative estimate of drug-likeness (QED) is 0.590. The lowest BCUT2D eigenvalue weighted by atomic mass is 11.8. The van der Waals surface area contributed by atoms with E-state index in [1.807, 2.05) is 13.1 Å². The molecule has 3 heteroatoms. The lowest BCUT2D eigenvalue weighted by molar-refractivity contribution is 0.258. The molecular weight excluding hydrogens is 144 g/mol. The van der Waals surface area contributed by atoms with Gasteiger partial charge >= 0.3 is 8.56 Å². The van der Waals surface area contributed by atoms with Crippen LogP contribution in [0.5, 0.6) is 0 Å². The maximum atomic E-state index is 5.00. The van der Waals surface area contributed by atoms with Gasteiger partial charge in [-0.1, -0.05) is 22.3 Å². The highest BCUT2D eigenvalue weighted by Gasteiger charge is 2.19. The maximum absolute atomic E-state index is 5.00. The minimum atomic E-state index is -1.65. The van der Waals surface area contributed by atoms with Gasteiger partial charge in [-0.05, 0) is 13.1 Å². The summed E-state index contributed by atoms with van der Waals surface area (Å²) >= 11 is 0. The summed E-state index contributed by atoms with van der Waals surface area (Å²) in [4.78, 5) is 0. The van der Waals surface area contributed by atoms with Gasteiger partial charge in [0.1, 0.15) is 0 Å². The van der Waals surface area contributed by atoms with Gasteiger partial charge in [0.25, 0.3) is 0 Å². The number of hydrogen-bond acceptors (Lipinski definition) is 2. The summed E-state index contributed by atoms with van der Waals surface area (Å²) in [6.45, 7) is 3.99. The lowest BCUT2D eigenvalue weighted by Crippen LogP contribution is -2.31. The largest absolute Gasteiger partial charge is 0.398 e. The van der Waals surface area contributed by atoms with E-state index in [2.05, 4.69) is 0 Å². The first kappa shape index (κ1) is 22.5. The fourth-order valence-electron chi connectivity index (χ4n) is 0.0833. The lowest BCUT2D eigenvalue weighted by Gasteiger charge is -2.15. The van der Waals surface area contributed by atoms with Gasteiger partial charge in [-0.15, -0.1) is 0 Å². The van der Waals surface area contributed by atoms with E-state index in [1.54, 1.807) is 14.2 Å². The Balaban J connectivity index is -0.0000000600. The summed E-state index contributed by atoms with van der Waals surface area (Å²) in [6.07, 6.45) is 0. The van der Waals surface area contributed by atoms with E-state index in [1.165, 1.54) is 0 Å². The topological polar surface area (TPSA) is 18.5 Å². The summed E-state index contributed by atoms with van der Waals surface area (Å²) in [5.41, 5.74) is 0. The molecule has 0 fully saturated rings. The normalized spacial score (nSPS) is 8.40. The molecule has 0 saturated heterocycles. The highest BCUT2D eigenvalue weighted by Crippen LogP contribution is 1.99. The zero-order valence-electron chi connectivity index (χ0n) is 5.32. The summed E-state index contributed by atoms with van der Waals surface area (Å²) in [7, 11) is 1.70. The molecule has 0 aromatic carbocycles. The van der Waals surface area contributed by atoms with E-state index in [0.717, 1.165) is 0 Å². The van der Waals surface area contributed by atoms with Crippen LogP contribution < -0.4 is 0 Å². The Hall–Kier alpha value is 0.137. The maximum Gasteiger partial charge on any atom is 0.331 e. The summed E-state index contributed by atoms with van der Waals surface area (Å²) in [5.74, 6) is 0. The van der Waals surface area contributed by atoms with Gasteiger partial charge in [-0.3, -0.25) is 0 Å². The Kier molecular flexibility index (Phi) is 20.5. The van der Waals surface area contributed by atoms with Crippen LogP contribution in [-0.4, -0.2) is 22.8 Å². The molecule has 0 spiro atoms. The highest BCUT2D eigenvalue weighted by molar-refractivity contribution is 6.64. The van der Waals surface area contributed by atoms with Crippen molar-refractivity contribution in [3.8, 4) is 0 Å². The molecule has 0 saturated carbocycles. The monoisotopic (exact) mass is 168 g/mol. The van der Waals surface area contributed by atoms with Gasteiger partial charge in [-0.25, -0.2) is 0 Å². The van der Waals surface area contributed by atoms with Crippen molar-refractivity contribution in [2.45, 2.75) is 35.4 Å². The molecule has 0 heterocycles. The van der Waals surface area contributed by atoms with Crippen molar-refractivity contribution >= 4 is 8.56 Å². The van der Waals surface area contributed by atoms with Gasteiger partial charge in [0.2, 0.25) is 0 Å². The smallest absolute Gasteiger partial charge is 0.331 e. The third kappa shape index (κ3) is 11.0. The molecule has 0 radical (unpaired) electrons. The summed E-state index contributed by atoms with van der Waals surface area (Å²) < 4.78 is 10.0. The fraction of sp³-hybridized carbons (Fsp3) is 1.00. The molecule has 10 heavy (non-hydrogen) atoms. The fourth-order valence-corrected chi connectivity index (χ4v) is 0.250. The van der Waals surface area contributed by atoms with Crippen molar-refractivity contribution < 1.29 is 8.85 Å². The first-order valence-electron chi connectivity index (χ1n) is 2.22. The third-order valence-electron chi connectivity index (χ3n) is 0.983. The Bertz CT molecular complexity index is 49.6. The van der Waals surface area contributed by atoms with Crippen LogP contribution in [-0.2, 0) is 8.85 Å². The van der Waals surface area contributed by atoms with Crippen LogP contribution in [0.25, 0.3) is 0 Å². The van der Waals surface area contributed by atoms with E-state index in [9.17, 15) is 0 Å². The van der Waals surface area contributed by atoms with E-state index < -0.39 is 8.56 Å². The average Bonchev–Trinajstić information content (AvgIpc) is 1.68. The molecule has 0 atom stereocenters. The minimum absolute atomic E-state index is 0. The van der Waals surface area contributed by atoms with E-state index >= 15 is 0 Å². The number of hydrogen-bond donors (Lipinski definition) is 0. The third-order valence-corrected chi connectivity index (χ3v) is 2.95. The van der Waals surface area contributed by atoms with Crippen molar-refractivity contribution in [1.82, 2.24) is 0 Å². The Morgan fingerprint density at radius 2 is 1.00 bits per heavy atom. The van der Waals surface area contributed by atoms with Crippen LogP contribution >= 0.6 is 0 Å². The van der Waals surface area contributed by atoms with Crippen LogP contribution in [0.4, 0.5) is 0 Å². The van der Waals surface area contributed by atoms with E-state index in [4.69, 9.17) is 8.85 Å². The summed E-state index contributed by atoms with van der Waals surface area (Å²) in [5, 5.41) is 0. The molecule has 2 nitrogen and oxygen atoms in total. The second kappa shape index (κ2) is 9.14. The molecule has 0 aromatic rings. The number of rotatable bonds is 2. The Morgan fingerprint density at radius 3 is 1.00 bits per heavy atom. The zero-order valence-corrected chi connectivity index (χ0v) is 6.32. The second-order valence-electron chi connectivity index (χ2n) is 1.81. The van der Waals surface area contributed by atoms with Crippen LogP contribution in [0, 0.1) is 0 Å². The van der Waals surface area contributed by atoms with Crippen LogP contribution in [0.3, 0.4) is 0 Å². The van der Waals surface area contributed by atoms with E-state index in [0.29, 0.717) is 0 Å². The molecule has 68 valence electrons. The molecule has 0 N–H and O–H groups in total. The molecule has 0 unspecified atom stereocenters. The van der Waals surface area contributed by atoms with Crippen LogP contribution in [0.15, 0.2) is 0 Å². The van der Waals surface area contributed by atoms with E-state index in [-0.39, 0.29) is 22.3 Å². The first-order chi connectivity index (χ1) is 3.12. The predicted octanol–water partition coefficient (Wildman–Crippen LogP) is 2.89. The van der Waals surface area contributed by atoms with Gasteiger partial charge in [0.15, 0.2) is 0 Å². The van der Waals surface area contributed by atoms with Crippen LogP contribution in [0.1, 0.15) is 22.3 Å². The molecule has 0 aliphatic rings. The van der Waals surface area contributed by atoms with Crippen molar-refractivity contribution in [3.05, 3.63) is 0 Å². The molecule has 0 aromatic heterocycles. The van der Waals surface area contributed by atoms with Crippen molar-refractivity contribution in [3.63, 3.8) is 0 Å². The zero-order chi connectivity index (χ0) is 5.91. The highest BCUT2D eigenvalue weighted by atomic mass is 28.4. The van der Waals surface area contributed by atoms with Gasteiger partial charge in [0, 0.05) is 14.2 Å². The molecule has 0 amide bonds. The second-order valence-corrected chi connectivity index (χ2v) is 5.42. The Labute approximate surface area is 67.8 Å². The minimum Gasteiger partial charge on any atom is -0.398 e. The van der Waals surface area contributed by atoms with Gasteiger partial charge in [-0.2, -0.15) is 0 Å². The van der Waals surface area contributed by atoms with Crippen molar-refractivity contribution in [2.75, 3.05) is 14.2 Å². The average molecular weight is 168 g/mol. The Morgan fingerprint density at radius 1 is 0.800 bits per heavy atom. The molecular formula is C7H24O2Si. The van der Waals surface area contributed by atoms with Gasteiger partial charge < -0.3 is 8.85 Å². The van der Waals surface area contributed by atoms with Gasteiger partial charge in [0.05, 0.1) is 0 Å². The SMILES string of the molecule is C.C.C.CO[Si](C)(C)OC. The molecule has 0 aliphatic heterocycles. The molecule has 0 aliphatic carbocycles.